The summed E-state index contributed by atoms with van der Waals surface area (Å²) >= 11 is 4.57. The molecule has 0 bridgehead atoms. The number of alkyl halides is 3. The molecular weight excluding hydrogens is 332 g/mol. The molecule has 7 nitrogen and oxygen atoms in total. The molecular formula is C13H12ClF2N5O2. The molecule has 2 rings (SSSR count). The van der Waals surface area contributed by atoms with Crippen molar-refractivity contribution >= 4 is 29.1 Å². The van der Waals surface area contributed by atoms with Gasteiger partial charge >= 0.3 is 11.3 Å². The van der Waals surface area contributed by atoms with Crippen molar-refractivity contribution in [2.75, 3.05) is 5.32 Å². The summed E-state index contributed by atoms with van der Waals surface area (Å²) in [6.07, 6.45) is 2.89. The van der Waals surface area contributed by atoms with Crippen molar-refractivity contribution in [3.63, 3.8) is 0 Å². The maximum Gasteiger partial charge on any atom is 0.399 e. The normalized spacial score (nSPS) is 12.5. The predicted molar refractivity (Wildman–Crippen MR) is 78.4 cm³/mol. The minimum absolute atomic E-state index is 0.428. The highest BCUT2D eigenvalue weighted by molar-refractivity contribution is 6.32. The second kappa shape index (κ2) is 6.69. The third kappa shape index (κ3) is 4.46. The Labute approximate surface area is 134 Å². The van der Waals surface area contributed by atoms with Crippen molar-refractivity contribution in [2.45, 2.75) is 18.3 Å². The fourth-order valence-corrected chi connectivity index (χ4v) is 1.69. The van der Waals surface area contributed by atoms with Crippen LogP contribution in [0.4, 0.5) is 14.5 Å². The minimum atomic E-state index is -4.06. The lowest BCUT2D eigenvalue weighted by Gasteiger charge is -2.16. The van der Waals surface area contributed by atoms with Crippen LogP contribution in [0, 0.1) is 0 Å². The lowest BCUT2D eigenvalue weighted by Crippen LogP contribution is -2.46. The summed E-state index contributed by atoms with van der Waals surface area (Å²) in [4.78, 5) is 26.7. The molecule has 2 N–H and O–H groups in total. The van der Waals surface area contributed by atoms with Crippen LogP contribution < -0.4 is 10.6 Å². The van der Waals surface area contributed by atoms with Gasteiger partial charge in [0.1, 0.15) is 18.7 Å². The molecule has 0 aliphatic rings. The number of hydrogen-bond donors (Lipinski definition) is 2. The molecule has 0 radical (unpaired) electrons. The Morgan fingerprint density at radius 1 is 1.30 bits per heavy atom. The van der Waals surface area contributed by atoms with E-state index in [4.69, 9.17) is 0 Å². The third-order valence-corrected chi connectivity index (χ3v) is 2.99. The molecule has 2 aromatic rings. The first kappa shape index (κ1) is 16.8. The van der Waals surface area contributed by atoms with E-state index >= 15 is 0 Å². The van der Waals surface area contributed by atoms with E-state index in [9.17, 15) is 18.4 Å². The van der Waals surface area contributed by atoms with Crippen molar-refractivity contribution in [2.24, 2.45) is 0 Å². The topological polar surface area (TPSA) is 88.9 Å². The van der Waals surface area contributed by atoms with Gasteiger partial charge in [-0.2, -0.15) is 13.9 Å². The van der Waals surface area contributed by atoms with E-state index in [2.05, 4.69) is 27.0 Å². The quantitative estimate of drug-likeness (QED) is 0.806. The van der Waals surface area contributed by atoms with Gasteiger partial charge in [-0.15, -0.1) is 0 Å². The third-order valence-electron chi connectivity index (χ3n) is 2.82. The van der Waals surface area contributed by atoms with E-state index in [1.807, 2.05) is 5.32 Å². The molecule has 0 spiro atoms. The highest BCUT2D eigenvalue weighted by atomic mass is 35.5. The average Bonchev–Trinajstić information content (AvgIpc) is 3.01. The van der Waals surface area contributed by atoms with Crippen LogP contribution in [-0.4, -0.2) is 38.0 Å². The molecule has 122 valence electrons. The van der Waals surface area contributed by atoms with E-state index in [1.54, 1.807) is 24.3 Å². The Bertz CT molecular complexity index is 685. The number of carbonyl (C=O) groups is 2. The van der Waals surface area contributed by atoms with Crippen molar-refractivity contribution in [3.8, 4) is 5.69 Å². The van der Waals surface area contributed by atoms with Gasteiger partial charge < -0.3 is 10.6 Å². The molecule has 2 amide bonds. The number of hydrogen-bond acceptors (Lipinski definition) is 4. The Kier molecular flexibility index (Phi) is 4.89. The van der Waals surface area contributed by atoms with Gasteiger partial charge in [-0.05, 0) is 42.8 Å². The molecule has 1 aromatic carbocycles. The molecule has 1 heterocycles. The van der Waals surface area contributed by atoms with Gasteiger partial charge in [-0.3, -0.25) is 9.59 Å². The van der Waals surface area contributed by atoms with Crippen molar-refractivity contribution in [1.29, 1.82) is 0 Å². The number of carbonyl (C=O) groups excluding carboxylic acids is 2. The molecule has 0 saturated carbocycles. The first-order valence-corrected chi connectivity index (χ1v) is 6.79. The maximum absolute atomic E-state index is 12.6. The standard InChI is InChI=1S/C13H12ClF2N5O2/c1-8(19-12(23)13(14,15)16)11(22)20-9-2-4-10(5-3-9)21-7-17-6-18-21/h2-8H,1H3,(H,19,23)(H,20,22)/t8-/m0/s1. The van der Waals surface area contributed by atoms with Gasteiger partial charge in [0, 0.05) is 5.69 Å². The van der Waals surface area contributed by atoms with Gasteiger partial charge in [0.05, 0.1) is 5.69 Å². The molecule has 1 atom stereocenters. The van der Waals surface area contributed by atoms with Crippen molar-refractivity contribution in [1.82, 2.24) is 20.1 Å². The van der Waals surface area contributed by atoms with Gasteiger partial charge in [-0.1, -0.05) is 0 Å². The molecule has 0 aliphatic heterocycles. The van der Waals surface area contributed by atoms with Crippen LogP contribution in [0.1, 0.15) is 6.92 Å². The number of amides is 2. The van der Waals surface area contributed by atoms with E-state index in [0.717, 1.165) is 5.69 Å². The van der Waals surface area contributed by atoms with E-state index in [1.165, 1.54) is 24.3 Å². The summed E-state index contributed by atoms with van der Waals surface area (Å²) < 4.78 is 26.6. The van der Waals surface area contributed by atoms with Gasteiger partial charge in [0.25, 0.3) is 0 Å². The minimum Gasteiger partial charge on any atom is -0.338 e. The Morgan fingerprint density at radius 3 is 2.48 bits per heavy atom. The fraction of sp³-hybridized carbons (Fsp3) is 0.231. The first-order chi connectivity index (χ1) is 10.8. The molecule has 0 unspecified atom stereocenters. The Balaban J connectivity index is 1.96. The SMILES string of the molecule is C[C@H](NC(=O)C(F)(F)Cl)C(=O)Nc1ccc(-n2cncn2)cc1. The lowest BCUT2D eigenvalue weighted by atomic mass is 10.2. The number of nitrogens with one attached hydrogen (secondary N) is 2. The number of rotatable bonds is 5. The summed E-state index contributed by atoms with van der Waals surface area (Å²) in [5.41, 5.74) is 1.15. The predicted octanol–water partition coefficient (Wildman–Crippen LogP) is 1.54. The summed E-state index contributed by atoms with van der Waals surface area (Å²) in [5.74, 6) is -2.39. The lowest BCUT2D eigenvalue weighted by molar-refractivity contribution is -0.138. The average molecular weight is 344 g/mol. The second-order valence-electron chi connectivity index (χ2n) is 4.57. The summed E-state index contributed by atoms with van der Waals surface area (Å²) in [6, 6.07) is 5.38. The smallest absolute Gasteiger partial charge is 0.338 e. The van der Waals surface area contributed by atoms with Crippen LogP contribution in [-0.2, 0) is 9.59 Å². The van der Waals surface area contributed by atoms with Crippen molar-refractivity contribution in [3.05, 3.63) is 36.9 Å². The van der Waals surface area contributed by atoms with Crippen LogP contribution in [0.25, 0.3) is 5.69 Å². The Hall–Kier alpha value is -2.55. The van der Waals surface area contributed by atoms with Crippen LogP contribution in [0.2, 0.25) is 0 Å². The van der Waals surface area contributed by atoms with Crippen molar-refractivity contribution < 1.29 is 18.4 Å². The van der Waals surface area contributed by atoms with E-state index < -0.39 is 23.2 Å². The maximum atomic E-state index is 12.6. The largest absolute Gasteiger partial charge is 0.399 e. The Morgan fingerprint density at radius 2 is 1.96 bits per heavy atom. The van der Waals surface area contributed by atoms with Crippen LogP contribution in [0.15, 0.2) is 36.9 Å². The fourth-order valence-electron chi connectivity index (χ4n) is 1.63. The molecule has 1 aromatic heterocycles. The zero-order valence-corrected chi connectivity index (χ0v) is 12.6. The number of aromatic nitrogens is 3. The number of nitrogens with zero attached hydrogens (tertiary/aromatic N) is 3. The number of halogens is 3. The van der Waals surface area contributed by atoms with Crippen LogP contribution in [0.5, 0.6) is 0 Å². The first-order valence-electron chi connectivity index (χ1n) is 6.41. The zero-order valence-electron chi connectivity index (χ0n) is 11.8. The highest BCUT2D eigenvalue weighted by Crippen LogP contribution is 2.18. The summed E-state index contributed by atoms with van der Waals surface area (Å²) in [5, 5.41) is 4.19. The van der Waals surface area contributed by atoms with Crippen LogP contribution >= 0.6 is 11.6 Å². The zero-order chi connectivity index (χ0) is 17.0. The summed E-state index contributed by atoms with van der Waals surface area (Å²) in [7, 11) is 0. The van der Waals surface area contributed by atoms with E-state index in [-0.39, 0.29) is 0 Å². The monoisotopic (exact) mass is 343 g/mol. The molecule has 0 saturated heterocycles. The summed E-state index contributed by atoms with van der Waals surface area (Å²) in [6.45, 7) is 1.26. The number of anilines is 1. The molecule has 0 fully saturated rings. The van der Waals surface area contributed by atoms with E-state index in [0.29, 0.717) is 5.69 Å². The van der Waals surface area contributed by atoms with Gasteiger partial charge in [0.2, 0.25) is 5.91 Å². The number of benzene rings is 1. The van der Waals surface area contributed by atoms with Gasteiger partial charge in [-0.25, -0.2) is 9.67 Å². The second-order valence-corrected chi connectivity index (χ2v) is 5.04. The molecule has 23 heavy (non-hydrogen) atoms. The molecule has 0 aliphatic carbocycles. The van der Waals surface area contributed by atoms with Gasteiger partial charge in [0.15, 0.2) is 0 Å². The highest BCUT2D eigenvalue weighted by Gasteiger charge is 2.37. The molecule has 10 heteroatoms. The van der Waals surface area contributed by atoms with Crippen LogP contribution in [0.3, 0.4) is 0 Å².